The summed E-state index contributed by atoms with van der Waals surface area (Å²) in [7, 11) is 0. The molecule has 6 nitrogen and oxygen atoms in total. The Morgan fingerprint density at radius 1 is 1.37 bits per heavy atom. The van der Waals surface area contributed by atoms with Crippen LogP contribution in [0.15, 0.2) is 24.3 Å². The van der Waals surface area contributed by atoms with Crippen LogP contribution < -0.4 is 11.1 Å². The highest BCUT2D eigenvalue weighted by Gasteiger charge is 2.30. The van der Waals surface area contributed by atoms with Crippen LogP contribution in [0.2, 0.25) is 0 Å². The van der Waals surface area contributed by atoms with Crippen molar-refractivity contribution in [1.82, 2.24) is 5.32 Å². The van der Waals surface area contributed by atoms with Gasteiger partial charge in [-0.3, -0.25) is 4.79 Å². The summed E-state index contributed by atoms with van der Waals surface area (Å²) in [4.78, 5) is 22.6. The lowest BCUT2D eigenvalue weighted by Crippen LogP contribution is -2.33. The molecular weight excluding hydrogens is 248 g/mol. The molecule has 2 unspecified atom stereocenters. The normalized spacial score (nSPS) is 22.1. The van der Waals surface area contributed by atoms with E-state index in [0.717, 1.165) is 0 Å². The first-order chi connectivity index (χ1) is 9.08. The minimum atomic E-state index is -0.957. The highest BCUT2D eigenvalue weighted by Crippen LogP contribution is 2.19. The van der Waals surface area contributed by atoms with E-state index in [-0.39, 0.29) is 18.6 Å². The van der Waals surface area contributed by atoms with Gasteiger partial charge in [-0.2, -0.15) is 0 Å². The van der Waals surface area contributed by atoms with E-state index < -0.39 is 12.1 Å². The van der Waals surface area contributed by atoms with Gasteiger partial charge in [0.1, 0.15) is 0 Å². The fourth-order valence-electron chi connectivity index (χ4n) is 2.04. The second-order valence-electron chi connectivity index (χ2n) is 4.46. The fourth-order valence-corrected chi connectivity index (χ4v) is 2.04. The predicted molar refractivity (Wildman–Crippen MR) is 68.7 cm³/mol. The Kier molecular flexibility index (Phi) is 4.01. The number of carbonyl (C=O) groups is 2. The zero-order chi connectivity index (χ0) is 13.8. The number of benzene rings is 1. The van der Waals surface area contributed by atoms with Crippen molar-refractivity contribution in [3.8, 4) is 0 Å². The molecule has 1 aliphatic rings. The number of nitrogens with one attached hydrogen (secondary N) is 1. The zero-order valence-corrected chi connectivity index (χ0v) is 10.3. The Labute approximate surface area is 110 Å². The first-order valence-corrected chi connectivity index (χ1v) is 6.09. The monoisotopic (exact) mass is 264 g/mol. The Morgan fingerprint density at radius 3 is 2.74 bits per heavy atom. The van der Waals surface area contributed by atoms with Crippen LogP contribution in [0.4, 0.5) is 5.69 Å². The molecule has 0 saturated carbocycles. The van der Waals surface area contributed by atoms with Gasteiger partial charge in [0.2, 0.25) is 0 Å². The molecule has 0 aliphatic carbocycles. The van der Waals surface area contributed by atoms with Gasteiger partial charge in [-0.25, -0.2) is 4.79 Å². The first-order valence-electron chi connectivity index (χ1n) is 6.09. The molecule has 4 N–H and O–H groups in total. The first kappa shape index (κ1) is 13.4. The van der Waals surface area contributed by atoms with Gasteiger partial charge >= 0.3 is 5.97 Å². The molecule has 0 bridgehead atoms. The van der Waals surface area contributed by atoms with E-state index in [1.807, 2.05) is 0 Å². The van der Waals surface area contributed by atoms with Crippen molar-refractivity contribution >= 4 is 17.6 Å². The molecule has 102 valence electrons. The summed E-state index contributed by atoms with van der Waals surface area (Å²) in [5.41, 5.74) is 6.52. The van der Waals surface area contributed by atoms with Gasteiger partial charge < -0.3 is 20.9 Å². The average Bonchev–Trinajstić information content (AvgIpc) is 2.85. The van der Waals surface area contributed by atoms with E-state index in [9.17, 15) is 9.59 Å². The molecule has 2 atom stereocenters. The Bertz CT molecular complexity index is 489. The van der Waals surface area contributed by atoms with Gasteiger partial charge in [-0.1, -0.05) is 12.1 Å². The van der Waals surface area contributed by atoms with Crippen molar-refractivity contribution in [3.05, 3.63) is 29.8 Å². The van der Waals surface area contributed by atoms with Crippen molar-refractivity contribution in [2.45, 2.75) is 25.0 Å². The van der Waals surface area contributed by atoms with Crippen molar-refractivity contribution in [2.75, 3.05) is 12.3 Å². The minimum Gasteiger partial charge on any atom is -0.479 e. The van der Waals surface area contributed by atoms with E-state index in [1.54, 1.807) is 24.3 Å². The van der Waals surface area contributed by atoms with Crippen LogP contribution in [0, 0.1) is 0 Å². The summed E-state index contributed by atoms with van der Waals surface area (Å²) >= 11 is 0. The van der Waals surface area contributed by atoms with Crippen LogP contribution >= 0.6 is 0 Å². The molecule has 0 aromatic heterocycles. The number of nitrogen functional groups attached to an aromatic ring is 1. The third kappa shape index (κ3) is 3.23. The molecule has 1 amide bonds. The van der Waals surface area contributed by atoms with E-state index in [2.05, 4.69) is 5.32 Å². The van der Waals surface area contributed by atoms with Crippen LogP contribution in [-0.4, -0.2) is 35.7 Å². The summed E-state index contributed by atoms with van der Waals surface area (Å²) in [6, 6.07) is 6.78. The quantitative estimate of drug-likeness (QED) is 0.692. The standard InChI is InChI=1S/C13H16N2O4/c14-10-4-2-1-3-9(10)12(16)15-7-8-5-6-11(19-8)13(17)18/h1-4,8,11H,5-7,14H2,(H,15,16)(H,17,18). The van der Waals surface area contributed by atoms with Crippen LogP contribution in [0.1, 0.15) is 23.2 Å². The molecule has 1 aliphatic heterocycles. The molecule has 19 heavy (non-hydrogen) atoms. The number of anilines is 1. The Morgan fingerprint density at radius 2 is 2.11 bits per heavy atom. The number of nitrogens with two attached hydrogens (primary N) is 1. The van der Waals surface area contributed by atoms with E-state index >= 15 is 0 Å². The Balaban J connectivity index is 1.85. The number of carboxylic acids is 1. The number of para-hydroxylation sites is 1. The summed E-state index contributed by atoms with van der Waals surface area (Å²) in [5, 5.41) is 11.5. The fraction of sp³-hybridized carbons (Fsp3) is 0.385. The third-order valence-corrected chi connectivity index (χ3v) is 3.08. The summed E-state index contributed by atoms with van der Waals surface area (Å²) < 4.78 is 5.29. The Hall–Kier alpha value is -2.08. The van der Waals surface area contributed by atoms with E-state index in [0.29, 0.717) is 24.1 Å². The highest BCUT2D eigenvalue weighted by molar-refractivity contribution is 5.99. The summed E-state index contributed by atoms with van der Waals surface area (Å²) in [5.74, 6) is -1.23. The van der Waals surface area contributed by atoms with E-state index in [1.165, 1.54) is 0 Å². The van der Waals surface area contributed by atoms with Crippen LogP contribution in [0.25, 0.3) is 0 Å². The highest BCUT2D eigenvalue weighted by atomic mass is 16.5. The maximum Gasteiger partial charge on any atom is 0.332 e. The second-order valence-corrected chi connectivity index (χ2v) is 4.46. The molecule has 0 spiro atoms. The van der Waals surface area contributed by atoms with Crippen LogP contribution in [0.5, 0.6) is 0 Å². The number of rotatable bonds is 4. The second kappa shape index (κ2) is 5.71. The van der Waals surface area contributed by atoms with Gasteiger partial charge in [0.25, 0.3) is 5.91 Å². The summed E-state index contributed by atoms with van der Waals surface area (Å²) in [6.07, 6.45) is 0.0869. The molecule has 1 saturated heterocycles. The number of ether oxygens (including phenoxy) is 1. The molecule has 1 fully saturated rings. The van der Waals surface area contributed by atoms with Crippen molar-refractivity contribution < 1.29 is 19.4 Å². The lowest BCUT2D eigenvalue weighted by atomic mass is 10.1. The predicted octanol–water partition coefficient (Wildman–Crippen LogP) is 0.631. The molecule has 0 radical (unpaired) electrons. The number of amides is 1. The molecular formula is C13H16N2O4. The van der Waals surface area contributed by atoms with E-state index in [4.69, 9.17) is 15.6 Å². The van der Waals surface area contributed by atoms with Crippen LogP contribution in [-0.2, 0) is 9.53 Å². The van der Waals surface area contributed by atoms with Gasteiger partial charge in [-0.15, -0.1) is 0 Å². The van der Waals surface area contributed by atoms with Gasteiger partial charge in [0.05, 0.1) is 11.7 Å². The molecule has 2 rings (SSSR count). The summed E-state index contributed by atoms with van der Waals surface area (Å²) in [6.45, 7) is 0.289. The van der Waals surface area contributed by atoms with Crippen molar-refractivity contribution in [3.63, 3.8) is 0 Å². The lowest BCUT2D eigenvalue weighted by Gasteiger charge is -2.13. The molecule has 1 heterocycles. The van der Waals surface area contributed by atoms with Crippen molar-refractivity contribution in [1.29, 1.82) is 0 Å². The smallest absolute Gasteiger partial charge is 0.332 e. The van der Waals surface area contributed by atoms with Gasteiger partial charge in [-0.05, 0) is 25.0 Å². The number of carboxylic acid groups (broad SMARTS) is 1. The number of hydrogen-bond donors (Lipinski definition) is 3. The maximum absolute atomic E-state index is 11.9. The molecule has 1 aromatic carbocycles. The molecule has 6 heteroatoms. The maximum atomic E-state index is 11.9. The average molecular weight is 264 g/mol. The van der Waals surface area contributed by atoms with Gasteiger partial charge in [0.15, 0.2) is 6.10 Å². The van der Waals surface area contributed by atoms with Gasteiger partial charge in [0, 0.05) is 12.2 Å². The number of aliphatic carboxylic acids is 1. The lowest BCUT2D eigenvalue weighted by molar-refractivity contribution is -0.149. The van der Waals surface area contributed by atoms with Crippen LogP contribution in [0.3, 0.4) is 0 Å². The largest absolute Gasteiger partial charge is 0.479 e. The third-order valence-electron chi connectivity index (χ3n) is 3.08. The molecule has 1 aromatic rings. The topological polar surface area (TPSA) is 102 Å². The van der Waals surface area contributed by atoms with Crippen molar-refractivity contribution in [2.24, 2.45) is 0 Å². The number of carbonyl (C=O) groups excluding carboxylic acids is 1. The number of hydrogen-bond acceptors (Lipinski definition) is 4. The SMILES string of the molecule is Nc1ccccc1C(=O)NCC1CCC(C(=O)O)O1. The minimum absolute atomic E-state index is 0.255. The zero-order valence-electron chi connectivity index (χ0n) is 10.3.